The summed E-state index contributed by atoms with van der Waals surface area (Å²) in [5, 5.41) is 12.4. The predicted molar refractivity (Wildman–Crippen MR) is 76.3 cm³/mol. The van der Waals surface area contributed by atoms with E-state index in [0.717, 1.165) is 6.42 Å². The van der Waals surface area contributed by atoms with E-state index in [2.05, 4.69) is 5.32 Å². The molecule has 1 fully saturated rings. The third kappa shape index (κ3) is 6.47. The Morgan fingerprint density at radius 3 is 2.63 bits per heavy atom. The number of rotatable bonds is 8. The van der Waals surface area contributed by atoms with Gasteiger partial charge < -0.3 is 21.9 Å². The van der Waals surface area contributed by atoms with E-state index in [9.17, 15) is 4.79 Å². The Labute approximate surface area is 115 Å². The summed E-state index contributed by atoms with van der Waals surface area (Å²) in [4.78, 5) is 11.1. The first-order valence-corrected chi connectivity index (χ1v) is 7.27. The van der Waals surface area contributed by atoms with Gasteiger partial charge in [0, 0.05) is 24.4 Å². The molecule has 0 aromatic heterocycles. The largest absolute Gasteiger partial charge is 0.481 e. The van der Waals surface area contributed by atoms with Gasteiger partial charge in [0.15, 0.2) is 0 Å². The Kier molecular flexibility index (Phi) is 7.33. The third-order valence-electron chi connectivity index (χ3n) is 3.70. The maximum absolute atomic E-state index is 11.1. The molecule has 0 radical (unpaired) electrons. The standard InChI is InChI=1S/C14H27N3O2/c15-8-4-5-11(14(18)19)9-12(16)10-17-13-6-2-1-3-7-13/h10-11,13,17H,1-9,15-16H2,(H,18,19)/b12-10-. The average Bonchev–Trinajstić information content (AvgIpc) is 2.42. The van der Waals surface area contributed by atoms with Gasteiger partial charge in [0.05, 0.1) is 5.92 Å². The van der Waals surface area contributed by atoms with E-state index in [-0.39, 0.29) is 0 Å². The molecule has 19 heavy (non-hydrogen) atoms. The molecule has 0 aliphatic heterocycles. The number of hydrogen-bond donors (Lipinski definition) is 4. The van der Waals surface area contributed by atoms with Crippen LogP contribution in [0.3, 0.4) is 0 Å². The molecule has 0 heterocycles. The number of allylic oxidation sites excluding steroid dienone is 1. The highest BCUT2D eigenvalue weighted by molar-refractivity contribution is 5.70. The van der Waals surface area contributed by atoms with Crippen LogP contribution in [0.15, 0.2) is 11.9 Å². The molecule has 1 atom stereocenters. The van der Waals surface area contributed by atoms with Crippen LogP contribution in [0.5, 0.6) is 0 Å². The van der Waals surface area contributed by atoms with Gasteiger partial charge in [-0.25, -0.2) is 0 Å². The van der Waals surface area contributed by atoms with Crippen LogP contribution in [0.2, 0.25) is 0 Å². The van der Waals surface area contributed by atoms with Crippen LogP contribution in [0, 0.1) is 5.92 Å². The number of nitrogens with one attached hydrogen (secondary N) is 1. The molecule has 0 aromatic carbocycles. The molecule has 5 heteroatoms. The molecular weight excluding hydrogens is 242 g/mol. The first-order valence-electron chi connectivity index (χ1n) is 7.27. The minimum absolute atomic E-state index is 0.398. The lowest BCUT2D eigenvalue weighted by molar-refractivity contribution is -0.141. The van der Waals surface area contributed by atoms with Gasteiger partial charge in [-0.2, -0.15) is 0 Å². The summed E-state index contributed by atoms with van der Waals surface area (Å²) in [5.74, 6) is -1.21. The lowest BCUT2D eigenvalue weighted by Crippen LogP contribution is -2.28. The Morgan fingerprint density at radius 1 is 1.37 bits per heavy atom. The first kappa shape index (κ1) is 15.8. The number of hydrogen-bond acceptors (Lipinski definition) is 4. The van der Waals surface area contributed by atoms with Crippen molar-refractivity contribution in [2.45, 2.75) is 57.4 Å². The quantitative estimate of drug-likeness (QED) is 0.535. The van der Waals surface area contributed by atoms with Crippen molar-refractivity contribution in [3.05, 3.63) is 11.9 Å². The molecule has 1 rings (SSSR count). The molecule has 1 aliphatic rings. The van der Waals surface area contributed by atoms with Crippen LogP contribution in [-0.2, 0) is 4.79 Å². The van der Waals surface area contributed by atoms with Gasteiger partial charge in [0.2, 0.25) is 0 Å². The fourth-order valence-electron chi connectivity index (χ4n) is 2.51. The average molecular weight is 269 g/mol. The van der Waals surface area contributed by atoms with Crippen molar-refractivity contribution >= 4 is 5.97 Å². The van der Waals surface area contributed by atoms with Crippen LogP contribution in [0.25, 0.3) is 0 Å². The summed E-state index contributed by atoms with van der Waals surface area (Å²) < 4.78 is 0. The number of nitrogens with two attached hydrogens (primary N) is 2. The zero-order valence-corrected chi connectivity index (χ0v) is 11.6. The van der Waals surface area contributed by atoms with E-state index >= 15 is 0 Å². The van der Waals surface area contributed by atoms with E-state index in [0.29, 0.717) is 31.1 Å². The second-order valence-corrected chi connectivity index (χ2v) is 5.39. The maximum Gasteiger partial charge on any atom is 0.306 e. The van der Waals surface area contributed by atoms with Crippen molar-refractivity contribution in [1.29, 1.82) is 0 Å². The van der Waals surface area contributed by atoms with Crippen LogP contribution in [0.1, 0.15) is 51.4 Å². The van der Waals surface area contributed by atoms with Crippen LogP contribution >= 0.6 is 0 Å². The minimum Gasteiger partial charge on any atom is -0.481 e. The highest BCUT2D eigenvalue weighted by atomic mass is 16.4. The SMILES string of the molecule is NCCCC(C/C(N)=C/NC1CCCCC1)C(=O)O. The first-order chi connectivity index (χ1) is 9.13. The summed E-state index contributed by atoms with van der Waals surface area (Å²) in [6, 6.07) is 0.500. The zero-order chi connectivity index (χ0) is 14.1. The Hall–Kier alpha value is -1.23. The van der Waals surface area contributed by atoms with E-state index in [1.807, 2.05) is 0 Å². The summed E-state index contributed by atoms with van der Waals surface area (Å²) in [6.45, 7) is 0.522. The molecule has 0 bridgehead atoms. The molecule has 1 unspecified atom stereocenters. The lowest BCUT2D eigenvalue weighted by atomic mass is 9.95. The summed E-state index contributed by atoms with van der Waals surface area (Å²) >= 11 is 0. The fourth-order valence-corrected chi connectivity index (χ4v) is 2.51. The van der Waals surface area contributed by atoms with Gasteiger partial charge >= 0.3 is 5.97 Å². The molecule has 0 spiro atoms. The Balaban J connectivity index is 2.36. The van der Waals surface area contributed by atoms with Gasteiger partial charge in [-0.05, 0) is 32.2 Å². The van der Waals surface area contributed by atoms with Crippen LogP contribution in [-0.4, -0.2) is 23.7 Å². The number of aliphatic carboxylic acids is 1. The van der Waals surface area contributed by atoms with Gasteiger partial charge in [-0.1, -0.05) is 19.3 Å². The molecule has 6 N–H and O–H groups in total. The van der Waals surface area contributed by atoms with Crippen LogP contribution in [0.4, 0.5) is 0 Å². The summed E-state index contributed by atoms with van der Waals surface area (Å²) in [6.07, 6.45) is 9.71. The minimum atomic E-state index is -0.789. The molecule has 0 amide bonds. The van der Waals surface area contributed by atoms with Crippen molar-refractivity contribution in [3.63, 3.8) is 0 Å². The van der Waals surface area contributed by atoms with E-state index in [4.69, 9.17) is 16.6 Å². The number of carbonyl (C=O) groups is 1. The van der Waals surface area contributed by atoms with Crippen molar-refractivity contribution in [2.75, 3.05) is 6.54 Å². The van der Waals surface area contributed by atoms with Crippen molar-refractivity contribution in [2.24, 2.45) is 17.4 Å². The topological polar surface area (TPSA) is 101 Å². The summed E-state index contributed by atoms with van der Waals surface area (Å²) in [7, 11) is 0. The van der Waals surface area contributed by atoms with Crippen molar-refractivity contribution < 1.29 is 9.90 Å². The molecule has 0 aromatic rings. The Bertz CT molecular complexity index is 299. The van der Waals surface area contributed by atoms with E-state index in [1.54, 1.807) is 6.20 Å². The molecule has 5 nitrogen and oxygen atoms in total. The van der Waals surface area contributed by atoms with Crippen molar-refractivity contribution in [3.8, 4) is 0 Å². The van der Waals surface area contributed by atoms with Gasteiger partial charge in [0.25, 0.3) is 0 Å². The van der Waals surface area contributed by atoms with E-state index in [1.165, 1.54) is 32.1 Å². The third-order valence-corrected chi connectivity index (χ3v) is 3.70. The normalized spacial score (nSPS) is 19.1. The molecule has 1 aliphatic carbocycles. The zero-order valence-electron chi connectivity index (χ0n) is 11.6. The van der Waals surface area contributed by atoms with Gasteiger partial charge in [-0.3, -0.25) is 4.79 Å². The smallest absolute Gasteiger partial charge is 0.306 e. The van der Waals surface area contributed by atoms with Crippen LogP contribution < -0.4 is 16.8 Å². The summed E-state index contributed by atoms with van der Waals surface area (Å²) in [5.41, 5.74) is 11.9. The molecule has 110 valence electrons. The highest BCUT2D eigenvalue weighted by Gasteiger charge is 2.18. The second-order valence-electron chi connectivity index (χ2n) is 5.39. The van der Waals surface area contributed by atoms with Crippen molar-refractivity contribution in [1.82, 2.24) is 5.32 Å². The molecular formula is C14H27N3O2. The monoisotopic (exact) mass is 269 g/mol. The molecule has 1 saturated carbocycles. The lowest BCUT2D eigenvalue weighted by Gasteiger charge is -2.22. The molecule has 0 saturated heterocycles. The number of carboxylic acids is 1. The maximum atomic E-state index is 11.1. The van der Waals surface area contributed by atoms with Gasteiger partial charge in [0.1, 0.15) is 0 Å². The predicted octanol–water partition coefficient (Wildman–Crippen LogP) is 1.54. The second kappa shape index (κ2) is 8.80. The van der Waals surface area contributed by atoms with E-state index < -0.39 is 11.9 Å². The van der Waals surface area contributed by atoms with Gasteiger partial charge in [-0.15, -0.1) is 0 Å². The Morgan fingerprint density at radius 2 is 2.05 bits per heavy atom. The highest BCUT2D eigenvalue weighted by Crippen LogP contribution is 2.18. The fraction of sp³-hybridized carbons (Fsp3) is 0.786. The number of carboxylic acid groups (broad SMARTS) is 1.